The Morgan fingerprint density at radius 3 is 2.26 bits per heavy atom. The van der Waals surface area contributed by atoms with Crippen molar-refractivity contribution < 1.29 is 14.1 Å². The molecule has 0 aliphatic carbocycles. The number of benzene rings is 2. The van der Waals surface area contributed by atoms with Crippen molar-refractivity contribution in [2.75, 3.05) is 13.7 Å². The zero-order chi connectivity index (χ0) is 22.6. The minimum Gasteiger partial charge on any atom is -0.415 e. The number of amides is 1. The van der Waals surface area contributed by atoms with Crippen molar-refractivity contribution in [2.45, 2.75) is 51.4 Å². The highest BCUT2D eigenvalue weighted by Crippen LogP contribution is 2.37. The summed E-state index contributed by atoms with van der Waals surface area (Å²) in [5.41, 5.74) is 6.65. The van der Waals surface area contributed by atoms with Crippen molar-refractivity contribution in [1.82, 2.24) is 10.4 Å². The topological polar surface area (TPSA) is 50.8 Å². The summed E-state index contributed by atoms with van der Waals surface area (Å²) >= 11 is 0. The fourth-order valence-electron chi connectivity index (χ4n) is 3.35. The van der Waals surface area contributed by atoms with Gasteiger partial charge in [0.2, 0.25) is 0 Å². The third-order valence-electron chi connectivity index (χ3n) is 6.29. The predicted octanol–water partition coefficient (Wildman–Crippen LogP) is 5.58. The Labute approximate surface area is 187 Å². The summed E-state index contributed by atoms with van der Waals surface area (Å²) in [6.07, 6.45) is 2.52. The van der Waals surface area contributed by atoms with Crippen molar-refractivity contribution in [3.8, 4) is 11.1 Å². The Kier molecular flexibility index (Phi) is 7.04. The van der Waals surface area contributed by atoms with Crippen LogP contribution in [-0.4, -0.2) is 38.9 Å². The highest BCUT2D eigenvalue weighted by Gasteiger charge is 2.39. The second kappa shape index (κ2) is 9.38. The van der Waals surface area contributed by atoms with E-state index in [0.29, 0.717) is 18.6 Å². The Hall–Kier alpha value is -2.41. The molecule has 6 heteroatoms. The lowest BCUT2D eigenvalue weighted by atomic mass is 10.0. The third kappa shape index (κ3) is 5.45. The molecule has 1 unspecified atom stereocenters. The number of hydroxylamine groups is 1. The average Bonchev–Trinajstić information content (AvgIpc) is 3.15. The van der Waals surface area contributed by atoms with Gasteiger partial charge < -0.3 is 9.33 Å². The fourth-order valence-corrected chi connectivity index (χ4v) is 4.39. The van der Waals surface area contributed by atoms with Gasteiger partial charge in [-0.1, -0.05) is 63.2 Å². The number of nitrogens with one attached hydrogen (secondary N) is 1. The van der Waals surface area contributed by atoms with Gasteiger partial charge >= 0.3 is 0 Å². The first-order chi connectivity index (χ1) is 14.6. The molecule has 0 radical (unpaired) electrons. The Morgan fingerprint density at radius 1 is 1.06 bits per heavy atom. The smallest absolute Gasteiger partial charge is 0.258 e. The molecule has 166 valence electrons. The lowest BCUT2D eigenvalue weighted by Crippen LogP contribution is -2.45. The molecule has 0 aromatic heterocycles. The van der Waals surface area contributed by atoms with Gasteiger partial charge in [-0.25, -0.2) is 0 Å². The molecule has 2 aromatic carbocycles. The van der Waals surface area contributed by atoms with Gasteiger partial charge in [-0.05, 0) is 41.4 Å². The van der Waals surface area contributed by atoms with Crippen molar-refractivity contribution in [3.63, 3.8) is 0 Å². The molecule has 1 aliphatic rings. The molecule has 1 aliphatic heterocycles. The van der Waals surface area contributed by atoms with Gasteiger partial charge in [0.25, 0.3) is 5.91 Å². The van der Waals surface area contributed by atoms with Gasteiger partial charge in [0, 0.05) is 18.2 Å². The second-order valence-electron chi connectivity index (χ2n) is 9.55. The van der Waals surface area contributed by atoms with Crippen LogP contribution in [-0.2, 0) is 9.26 Å². The molecule has 1 heterocycles. The van der Waals surface area contributed by atoms with Crippen LogP contribution in [0.25, 0.3) is 11.1 Å². The second-order valence-corrected chi connectivity index (χ2v) is 14.4. The molecule has 3 rings (SSSR count). The Morgan fingerprint density at radius 2 is 1.68 bits per heavy atom. The molecule has 1 atom stereocenters. The molecule has 0 spiro atoms. The Bertz CT molecular complexity index is 918. The monoisotopic (exact) mass is 438 g/mol. The summed E-state index contributed by atoms with van der Waals surface area (Å²) in [6, 6.07) is 17.9. The van der Waals surface area contributed by atoms with Crippen LogP contribution >= 0.6 is 0 Å². The number of carbonyl (C=O) groups is 1. The average molecular weight is 439 g/mol. The van der Waals surface area contributed by atoms with Crippen LogP contribution in [0.4, 0.5) is 0 Å². The first-order valence-corrected chi connectivity index (χ1v) is 13.6. The first-order valence-electron chi connectivity index (χ1n) is 10.7. The summed E-state index contributed by atoms with van der Waals surface area (Å²) < 4.78 is 6.44. The van der Waals surface area contributed by atoms with E-state index in [-0.39, 0.29) is 17.0 Å². The fraction of sp³-hybridized carbons (Fsp3) is 0.400. The highest BCUT2D eigenvalue weighted by atomic mass is 28.4. The Balaban J connectivity index is 1.77. The number of rotatable bonds is 7. The minimum atomic E-state index is -1.91. The minimum absolute atomic E-state index is 0.0312. The van der Waals surface area contributed by atoms with E-state index < -0.39 is 8.32 Å². The van der Waals surface area contributed by atoms with E-state index in [9.17, 15) is 4.79 Å². The summed E-state index contributed by atoms with van der Waals surface area (Å²) in [7, 11) is -0.336. The van der Waals surface area contributed by atoms with Crippen LogP contribution in [0.2, 0.25) is 18.1 Å². The maximum Gasteiger partial charge on any atom is 0.258 e. The van der Waals surface area contributed by atoms with Gasteiger partial charge in [-0.3, -0.25) is 15.1 Å². The number of carbonyl (C=O) groups excluding carboxylic acids is 1. The molecule has 31 heavy (non-hydrogen) atoms. The molecule has 1 amide bonds. The van der Waals surface area contributed by atoms with Gasteiger partial charge in [-0.2, -0.15) is 0 Å². The predicted molar refractivity (Wildman–Crippen MR) is 128 cm³/mol. The van der Waals surface area contributed by atoms with Crippen LogP contribution in [0.1, 0.15) is 37.6 Å². The van der Waals surface area contributed by atoms with E-state index >= 15 is 0 Å². The largest absolute Gasteiger partial charge is 0.415 e. The molecule has 0 bridgehead atoms. The van der Waals surface area contributed by atoms with Crippen molar-refractivity contribution >= 4 is 14.2 Å². The molecular weight excluding hydrogens is 404 g/mol. The van der Waals surface area contributed by atoms with Crippen LogP contribution < -0.4 is 5.48 Å². The molecule has 2 aromatic rings. The number of nitrogens with zero attached hydrogens (tertiary/aromatic N) is 1. The van der Waals surface area contributed by atoms with Crippen molar-refractivity contribution in [3.05, 3.63) is 72.1 Å². The summed E-state index contributed by atoms with van der Waals surface area (Å²) in [5.74, 6) is -0.0312. The van der Waals surface area contributed by atoms with Crippen LogP contribution in [0.3, 0.4) is 0 Å². The van der Waals surface area contributed by atoms with E-state index in [1.54, 1.807) is 12.0 Å². The lowest BCUT2D eigenvalue weighted by Gasteiger charge is -2.37. The third-order valence-corrected chi connectivity index (χ3v) is 10.8. The normalized spacial score (nSPS) is 16.9. The van der Waals surface area contributed by atoms with Crippen LogP contribution in [0.5, 0.6) is 0 Å². The summed E-state index contributed by atoms with van der Waals surface area (Å²) in [4.78, 5) is 20.2. The molecule has 0 saturated heterocycles. The van der Waals surface area contributed by atoms with Gasteiger partial charge in [-0.15, -0.1) is 0 Å². The van der Waals surface area contributed by atoms with Gasteiger partial charge in [0.05, 0.1) is 25.5 Å². The first kappa shape index (κ1) is 23.3. The molecule has 5 nitrogen and oxygen atoms in total. The standard InChI is InChI=1S/C25H34N2O3Si/c1-25(2,3)31(5,6)30-18-23-16-22(26-29-4)17-27(23)24(28)21-14-12-20(13-15-21)19-10-8-7-9-11-19/h7-15,17,23,26H,16,18H2,1-6H3. The molecule has 0 fully saturated rings. The van der Waals surface area contributed by atoms with E-state index in [0.717, 1.165) is 16.8 Å². The van der Waals surface area contributed by atoms with Crippen molar-refractivity contribution in [1.29, 1.82) is 0 Å². The van der Waals surface area contributed by atoms with Gasteiger partial charge in [0.1, 0.15) is 0 Å². The molecule has 0 saturated carbocycles. The maximum atomic E-state index is 13.3. The van der Waals surface area contributed by atoms with Crippen molar-refractivity contribution in [2.24, 2.45) is 0 Å². The molecule has 1 N–H and O–H groups in total. The van der Waals surface area contributed by atoms with E-state index in [2.05, 4.69) is 51.5 Å². The van der Waals surface area contributed by atoms with E-state index in [1.165, 1.54) is 0 Å². The van der Waals surface area contributed by atoms with E-state index in [1.807, 2.05) is 48.7 Å². The number of hydrogen-bond donors (Lipinski definition) is 1. The maximum absolute atomic E-state index is 13.3. The van der Waals surface area contributed by atoms with Crippen LogP contribution in [0, 0.1) is 0 Å². The van der Waals surface area contributed by atoms with E-state index in [4.69, 9.17) is 9.26 Å². The van der Waals surface area contributed by atoms with Crippen LogP contribution in [0.15, 0.2) is 66.5 Å². The molecular formula is C25H34N2O3Si. The number of hydrogen-bond acceptors (Lipinski definition) is 4. The zero-order valence-electron chi connectivity index (χ0n) is 19.4. The SMILES string of the molecule is CONC1=CN(C(=O)c2ccc(-c3ccccc3)cc2)C(CO[Si](C)(C)C(C)(C)C)C1. The quantitative estimate of drug-likeness (QED) is 0.453. The van der Waals surface area contributed by atoms with Gasteiger partial charge in [0.15, 0.2) is 8.32 Å². The zero-order valence-corrected chi connectivity index (χ0v) is 20.4. The summed E-state index contributed by atoms with van der Waals surface area (Å²) in [6.45, 7) is 11.6. The highest BCUT2D eigenvalue weighted by molar-refractivity contribution is 6.74. The summed E-state index contributed by atoms with van der Waals surface area (Å²) in [5, 5.41) is 0.120. The lowest BCUT2D eigenvalue weighted by molar-refractivity contribution is 0.0736.